The highest BCUT2D eigenvalue weighted by Crippen LogP contribution is 2.48. The van der Waals surface area contributed by atoms with Gasteiger partial charge < -0.3 is 38.2 Å². The molecule has 15 nitrogen and oxygen atoms in total. The van der Waals surface area contributed by atoms with Crippen LogP contribution in [0.15, 0.2) is 0 Å². The van der Waals surface area contributed by atoms with E-state index in [-0.39, 0.29) is 118 Å². The third kappa shape index (κ3) is 17.5. The van der Waals surface area contributed by atoms with Crippen LogP contribution in [0, 0.1) is 71.0 Å². The van der Waals surface area contributed by atoms with Gasteiger partial charge in [-0.05, 0) is 164 Å². The molecule has 12 unspecified atom stereocenters. The van der Waals surface area contributed by atoms with Crippen LogP contribution in [0.25, 0.3) is 0 Å². The average molecular weight is 1080 g/mol. The number of hydrogen-bond donors (Lipinski definition) is 0. The number of esters is 6. The molecule has 8 fully saturated rings. The number of carbonyl (C=O) groups excluding carboxylic acids is 7. The van der Waals surface area contributed by atoms with Crippen molar-refractivity contribution in [3.8, 4) is 0 Å². The second-order valence-corrected chi connectivity index (χ2v) is 26.1. The van der Waals surface area contributed by atoms with Gasteiger partial charge >= 0.3 is 35.8 Å². The van der Waals surface area contributed by atoms with Gasteiger partial charge in [-0.25, -0.2) is 0 Å². The number of hydrogen-bond acceptors (Lipinski definition) is 15. The maximum Gasteiger partial charge on any atom is 0.309 e. The molecule has 0 aromatic carbocycles. The molecule has 0 saturated heterocycles. The van der Waals surface area contributed by atoms with Crippen LogP contribution < -0.4 is 0 Å². The molecule has 76 heavy (non-hydrogen) atoms. The molecule has 8 aliphatic rings. The SMILES string of the molecule is CN(C)CCCSC(=O)N(CCCC(=O)OC(COC(=O)C1CCC2CCCC2C1)COC(=O)C1CCC2CCCC2C1)CCCC(=O)OC(COC(=O)C1CCC2CCCC2C1)COC(=O)C1CCC2CCCC2C1. The van der Waals surface area contributed by atoms with Crippen LogP contribution in [-0.4, -0.2) is 129 Å². The molecule has 0 spiro atoms. The molecule has 8 saturated carbocycles. The van der Waals surface area contributed by atoms with E-state index in [9.17, 15) is 33.6 Å². The van der Waals surface area contributed by atoms with Crippen molar-refractivity contribution >= 4 is 52.8 Å². The van der Waals surface area contributed by atoms with Gasteiger partial charge in [-0.15, -0.1) is 0 Å². The van der Waals surface area contributed by atoms with Gasteiger partial charge in [0.2, 0.25) is 0 Å². The minimum atomic E-state index is -0.961. The molecule has 0 aromatic heterocycles. The topological polar surface area (TPSA) is 181 Å². The van der Waals surface area contributed by atoms with E-state index in [0.717, 1.165) is 116 Å². The van der Waals surface area contributed by atoms with E-state index in [0.29, 0.717) is 53.1 Å². The van der Waals surface area contributed by atoms with E-state index in [1.54, 1.807) is 4.90 Å². The first-order chi connectivity index (χ1) is 36.8. The van der Waals surface area contributed by atoms with Gasteiger partial charge in [0.05, 0.1) is 23.7 Å². The summed E-state index contributed by atoms with van der Waals surface area (Å²) in [6, 6.07) is 0. The first kappa shape index (κ1) is 58.7. The van der Waals surface area contributed by atoms with Crippen LogP contribution >= 0.6 is 11.8 Å². The smallest absolute Gasteiger partial charge is 0.309 e. The normalized spacial score (nSPS) is 31.4. The summed E-state index contributed by atoms with van der Waals surface area (Å²) in [5, 5.41) is -0.162. The van der Waals surface area contributed by atoms with E-state index < -0.39 is 24.1 Å². The quantitative estimate of drug-likeness (QED) is 0.0453. The minimum absolute atomic E-state index is 0.0315. The second-order valence-electron chi connectivity index (χ2n) is 25.1. The summed E-state index contributed by atoms with van der Waals surface area (Å²) in [6.45, 7) is 0.486. The Morgan fingerprint density at radius 2 is 0.724 bits per heavy atom. The lowest BCUT2D eigenvalue weighted by Crippen LogP contribution is -2.36. The largest absolute Gasteiger partial charge is 0.461 e. The van der Waals surface area contributed by atoms with E-state index >= 15 is 0 Å². The molecule has 12 atom stereocenters. The van der Waals surface area contributed by atoms with Gasteiger partial charge in [0.15, 0.2) is 12.2 Å². The number of carbonyl (C=O) groups is 7. The lowest BCUT2D eigenvalue weighted by atomic mass is 9.76. The Hall–Kier alpha value is -3.40. The van der Waals surface area contributed by atoms with E-state index in [4.69, 9.17) is 28.4 Å². The fraction of sp³-hybridized carbons (Fsp3) is 0.883. The lowest BCUT2D eigenvalue weighted by molar-refractivity contribution is -0.171. The Balaban J connectivity index is 0.823. The van der Waals surface area contributed by atoms with Gasteiger partial charge in [0, 0.05) is 31.7 Å². The van der Waals surface area contributed by atoms with Crippen molar-refractivity contribution in [2.24, 2.45) is 71.0 Å². The van der Waals surface area contributed by atoms with Crippen LogP contribution in [-0.2, 0) is 57.2 Å². The molecule has 8 rings (SSSR count). The van der Waals surface area contributed by atoms with Gasteiger partial charge in [-0.3, -0.25) is 33.6 Å². The zero-order chi connectivity index (χ0) is 53.4. The third-order valence-electron chi connectivity index (χ3n) is 19.6. The maximum atomic E-state index is 13.7. The van der Waals surface area contributed by atoms with Gasteiger partial charge in [-0.2, -0.15) is 0 Å². The van der Waals surface area contributed by atoms with Gasteiger partial charge in [0.1, 0.15) is 26.4 Å². The van der Waals surface area contributed by atoms with E-state index in [1.807, 2.05) is 14.1 Å². The molecular formula is C60H94N2O13S. The summed E-state index contributed by atoms with van der Waals surface area (Å²) >= 11 is 1.20. The van der Waals surface area contributed by atoms with Crippen molar-refractivity contribution in [1.82, 2.24) is 9.80 Å². The van der Waals surface area contributed by atoms with Crippen LogP contribution in [0.3, 0.4) is 0 Å². The molecule has 0 aromatic rings. The summed E-state index contributed by atoms with van der Waals surface area (Å²) in [4.78, 5) is 98.0. The fourth-order valence-electron chi connectivity index (χ4n) is 15.3. The zero-order valence-corrected chi connectivity index (χ0v) is 47.2. The number of fused-ring (bicyclic) bond motifs is 4. The summed E-state index contributed by atoms with van der Waals surface area (Å²) in [5.41, 5.74) is 0. The molecule has 0 aliphatic heterocycles. The van der Waals surface area contributed by atoms with Crippen LogP contribution in [0.1, 0.15) is 186 Å². The zero-order valence-electron chi connectivity index (χ0n) is 46.4. The number of rotatable bonds is 26. The van der Waals surface area contributed by atoms with Crippen LogP contribution in [0.4, 0.5) is 4.79 Å². The number of ether oxygens (including phenoxy) is 6. The highest BCUT2D eigenvalue weighted by molar-refractivity contribution is 8.13. The molecule has 8 aliphatic carbocycles. The maximum absolute atomic E-state index is 13.7. The highest BCUT2D eigenvalue weighted by atomic mass is 32.2. The van der Waals surface area contributed by atoms with E-state index in [1.165, 1.54) is 63.1 Å². The first-order valence-electron chi connectivity index (χ1n) is 30.5. The molecule has 0 bridgehead atoms. The Bertz CT molecular complexity index is 1720. The molecule has 0 radical (unpaired) electrons. The highest BCUT2D eigenvalue weighted by Gasteiger charge is 2.41. The Morgan fingerprint density at radius 3 is 1.04 bits per heavy atom. The Kier molecular flexibility index (Phi) is 23.0. The predicted molar refractivity (Wildman–Crippen MR) is 287 cm³/mol. The second kappa shape index (κ2) is 29.7. The molecule has 16 heteroatoms. The minimum Gasteiger partial charge on any atom is -0.461 e. The van der Waals surface area contributed by atoms with Crippen molar-refractivity contribution < 1.29 is 62.0 Å². The molecule has 428 valence electrons. The van der Waals surface area contributed by atoms with Crippen LogP contribution in [0.2, 0.25) is 0 Å². The number of thioether (sulfide) groups is 1. The lowest BCUT2D eigenvalue weighted by Gasteiger charge is -2.31. The summed E-state index contributed by atoms with van der Waals surface area (Å²) in [6.07, 6.45) is 24.4. The molecule has 1 amide bonds. The summed E-state index contributed by atoms with van der Waals surface area (Å²) in [5.74, 6) is 2.66. The van der Waals surface area contributed by atoms with Crippen molar-refractivity contribution in [2.45, 2.75) is 198 Å². The van der Waals surface area contributed by atoms with Crippen molar-refractivity contribution in [1.29, 1.82) is 0 Å². The Labute approximate surface area is 458 Å². The monoisotopic (exact) mass is 1080 g/mol. The molecule has 0 heterocycles. The number of nitrogens with zero attached hydrogens (tertiary/aromatic N) is 2. The average Bonchev–Trinajstić information content (AvgIpc) is 4.28. The van der Waals surface area contributed by atoms with E-state index in [2.05, 4.69) is 4.90 Å². The Morgan fingerprint density at radius 1 is 0.408 bits per heavy atom. The van der Waals surface area contributed by atoms with Crippen molar-refractivity contribution in [3.05, 3.63) is 0 Å². The third-order valence-corrected chi connectivity index (χ3v) is 20.6. The van der Waals surface area contributed by atoms with Crippen LogP contribution in [0.5, 0.6) is 0 Å². The summed E-state index contributed by atoms with van der Waals surface area (Å²) < 4.78 is 35.1. The molecule has 0 N–H and O–H groups in total. The standard InChI is InChI=1S/C60H94N2O13S/c1-61(2)28-9-31-76-60(69)62(29-7-18-54(63)74-52(36-70-56(65)48-24-20-40-10-3-14-44(40)32-48)37-71-57(66)49-25-21-41-11-4-15-45(41)33-49)30-8-19-55(64)75-53(38-72-58(67)50-26-22-42-12-5-16-46(42)34-50)39-73-59(68)51-27-23-43-13-6-17-47(43)35-51/h40-53H,3-39H2,1-2H3. The molecular weight excluding hydrogens is 989 g/mol. The van der Waals surface area contributed by atoms with Crippen molar-refractivity contribution in [3.63, 3.8) is 0 Å². The number of amides is 1. The van der Waals surface area contributed by atoms with Gasteiger partial charge in [-0.1, -0.05) is 88.8 Å². The van der Waals surface area contributed by atoms with Gasteiger partial charge in [0.25, 0.3) is 5.24 Å². The summed E-state index contributed by atoms with van der Waals surface area (Å²) in [7, 11) is 3.97. The van der Waals surface area contributed by atoms with Crippen molar-refractivity contribution in [2.75, 3.05) is 65.9 Å². The first-order valence-corrected chi connectivity index (χ1v) is 31.5. The predicted octanol–water partition coefficient (Wildman–Crippen LogP) is 10.5. The fourth-order valence-corrected chi connectivity index (χ4v) is 16.1.